The monoisotopic (exact) mass is 278 g/mol. The first kappa shape index (κ1) is 13.9. The summed E-state index contributed by atoms with van der Waals surface area (Å²) in [6, 6.07) is 5.86. The van der Waals surface area contributed by atoms with Crippen LogP contribution in [0, 0.1) is 0 Å². The van der Waals surface area contributed by atoms with Gasteiger partial charge in [-0.25, -0.2) is 4.98 Å². The molecule has 0 amide bonds. The summed E-state index contributed by atoms with van der Waals surface area (Å²) in [4.78, 5) is 7.75. The number of hydrogen-bond acceptors (Lipinski definition) is 2. The average molecular weight is 279 g/mol. The summed E-state index contributed by atoms with van der Waals surface area (Å²) < 4.78 is 5.15. The number of unbranched alkanes of at least 4 members (excludes halogenated alkanes) is 1. The second-order valence-corrected chi connectivity index (χ2v) is 5.01. The van der Waals surface area contributed by atoms with E-state index < -0.39 is 0 Å². The number of nitrogens with zero attached hydrogens (tertiary/aromatic N) is 1. The van der Waals surface area contributed by atoms with Gasteiger partial charge in [0.2, 0.25) is 0 Å². The van der Waals surface area contributed by atoms with Crippen molar-refractivity contribution in [2.24, 2.45) is 0 Å². The summed E-state index contributed by atoms with van der Waals surface area (Å²) in [5, 5.41) is 0.644. The van der Waals surface area contributed by atoms with Crippen molar-refractivity contribution in [3.8, 4) is 5.75 Å². The molecule has 0 aliphatic heterocycles. The third-order valence-corrected chi connectivity index (χ3v) is 3.35. The van der Waals surface area contributed by atoms with Crippen LogP contribution in [0.1, 0.15) is 36.8 Å². The van der Waals surface area contributed by atoms with Crippen LogP contribution in [-0.4, -0.2) is 17.1 Å². The molecule has 0 radical (unpaired) electrons. The van der Waals surface area contributed by atoms with Crippen molar-refractivity contribution in [2.75, 3.05) is 7.11 Å². The van der Waals surface area contributed by atoms with Crippen molar-refractivity contribution >= 4 is 11.6 Å². The fourth-order valence-electron chi connectivity index (χ4n) is 2.01. The summed E-state index contributed by atoms with van der Waals surface area (Å²) >= 11 is 6.12. The Morgan fingerprint density at radius 3 is 2.89 bits per heavy atom. The molecule has 2 rings (SSSR count). The molecule has 2 aromatic rings. The SMILES string of the molecule is CCCCc1ncc(Cc2ccc(OC)c(Cl)c2)[nH]1. The molecular formula is C15H19ClN2O. The van der Waals surface area contributed by atoms with Crippen LogP contribution in [0.25, 0.3) is 0 Å². The summed E-state index contributed by atoms with van der Waals surface area (Å²) in [5.41, 5.74) is 2.27. The van der Waals surface area contributed by atoms with Gasteiger partial charge in [-0.1, -0.05) is 31.0 Å². The van der Waals surface area contributed by atoms with Gasteiger partial charge in [0.25, 0.3) is 0 Å². The van der Waals surface area contributed by atoms with Crippen molar-refractivity contribution < 1.29 is 4.74 Å². The molecule has 0 aliphatic carbocycles. The third-order valence-electron chi connectivity index (χ3n) is 3.06. The Hall–Kier alpha value is -1.48. The smallest absolute Gasteiger partial charge is 0.137 e. The zero-order valence-corrected chi connectivity index (χ0v) is 12.1. The zero-order chi connectivity index (χ0) is 13.7. The zero-order valence-electron chi connectivity index (χ0n) is 11.4. The van der Waals surface area contributed by atoms with Crippen molar-refractivity contribution in [1.29, 1.82) is 0 Å². The number of aromatic nitrogens is 2. The van der Waals surface area contributed by atoms with Crippen LogP contribution in [0.3, 0.4) is 0 Å². The number of aryl methyl sites for hydroxylation is 1. The van der Waals surface area contributed by atoms with Gasteiger partial charge in [-0.3, -0.25) is 0 Å². The molecule has 0 fully saturated rings. The standard InChI is InChI=1S/C15H19ClN2O/c1-3-4-5-15-17-10-12(18-15)8-11-6-7-14(19-2)13(16)9-11/h6-7,9-10H,3-5,8H2,1-2H3,(H,17,18). The van der Waals surface area contributed by atoms with E-state index in [2.05, 4.69) is 16.9 Å². The Kier molecular flexibility index (Phi) is 4.86. The van der Waals surface area contributed by atoms with E-state index in [9.17, 15) is 0 Å². The number of ether oxygens (including phenoxy) is 1. The van der Waals surface area contributed by atoms with Crippen LogP contribution in [0.2, 0.25) is 5.02 Å². The quantitative estimate of drug-likeness (QED) is 0.867. The lowest BCUT2D eigenvalue weighted by molar-refractivity contribution is 0.415. The van der Waals surface area contributed by atoms with E-state index in [0.29, 0.717) is 10.8 Å². The molecule has 0 saturated heterocycles. The number of nitrogens with one attached hydrogen (secondary N) is 1. The fraction of sp³-hybridized carbons (Fsp3) is 0.400. The summed E-state index contributed by atoms with van der Waals surface area (Å²) in [5.74, 6) is 1.77. The molecule has 1 aromatic heterocycles. The number of hydrogen-bond donors (Lipinski definition) is 1. The van der Waals surface area contributed by atoms with Gasteiger partial charge in [0.05, 0.1) is 12.1 Å². The Bertz CT molecular complexity index is 537. The van der Waals surface area contributed by atoms with Crippen LogP contribution in [0.5, 0.6) is 5.75 Å². The Morgan fingerprint density at radius 1 is 1.37 bits per heavy atom. The number of rotatable bonds is 6. The van der Waals surface area contributed by atoms with Crippen LogP contribution in [0.4, 0.5) is 0 Å². The van der Waals surface area contributed by atoms with Gasteiger partial charge in [0, 0.05) is 24.7 Å². The molecule has 0 unspecified atom stereocenters. The maximum Gasteiger partial charge on any atom is 0.137 e. The topological polar surface area (TPSA) is 37.9 Å². The maximum atomic E-state index is 6.12. The van der Waals surface area contributed by atoms with Crippen molar-refractivity contribution in [3.05, 3.63) is 46.5 Å². The van der Waals surface area contributed by atoms with E-state index in [1.807, 2.05) is 24.4 Å². The van der Waals surface area contributed by atoms with E-state index in [4.69, 9.17) is 16.3 Å². The molecule has 1 N–H and O–H groups in total. The first-order valence-electron chi connectivity index (χ1n) is 6.58. The maximum absolute atomic E-state index is 6.12. The van der Waals surface area contributed by atoms with Crippen LogP contribution in [0.15, 0.2) is 24.4 Å². The van der Waals surface area contributed by atoms with Gasteiger partial charge in [-0.15, -0.1) is 0 Å². The molecule has 0 bridgehead atoms. The predicted molar refractivity (Wildman–Crippen MR) is 78.0 cm³/mol. The van der Waals surface area contributed by atoms with Gasteiger partial charge in [0.1, 0.15) is 11.6 Å². The summed E-state index contributed by atoms with van der Waals surface area (Å²) in [7, 11) is 1.62. The second kappa shape index (κ2) is 6.62. The lowest BCUT2D eigenvalue weighted by Crippen LogP contribution is -1.92. The normalized spacial score (nSPS) is 10.7. The first-order chi connectivity index (χ1) is 9.22. The highest BCUT2D eigenvalue weighted by atomic mass is 35.5. The van der Waals surface area contributed by atoms with Crippen LogP contribution >= 0.6 is 11.6 Å². The minimum Gasteiger partial charge on any atom is -0.495 e. The lowest BCUT2D eigenvalue weighted by Gasteiger charge is -2.05. The molecular weight excluding hydrogens is 260 g/mol. The number of methoxy groups -OCH3 is 1. The van der Waals surface area contributed by atoms with Crippen molar-refractivity contribution in [1.82, 2.24) is 9.97 Å². The first-order valence-corrected chi connectivity index (χ1v) is 6.96. The van der Waals surface area contributed by atoms with Gasteiger partial charge in [-0.2, -0.15) is 0 Å². The van der Waals surface area contributed by atoms with Gasteiger partial charge in [0.15, 0.2) is 0 Å². The molecule has 0 aliphatic rings. The number of aromatic amines is 1. The minimum absolute atomic E-state index is 0.644. The minimum atomic E-state index is 0.644. The second-order valence-electron chi connectivity index (χ2n) is 4.60. The van der Waals surface area contributed by atoms with E-state index >= 15 is 0 Å². The molecule has 4 heteroatoms. The molecule has 0 spiro atoms. The van der Waals surface area contributed by atoms with E-state index in [-0.39, 0.29) is 0 Å². The van der Waals surface area contributed by atoms with Gasteiger partial charge < -0.3 is 9.72 Å². The number of H-pyrrole nitrogens is 1. The highest BCUT2D eigenvalue weighted by Crippen LogP contribution is 2.25. The molecule has 3 nitrogen and oxygen atoms in total. The number of imidazole rings is 1. The third kappa shape index (κ3) is 3.74. The molecule has 0 saturated carbocycles. The Balaban J connectivity index is 2.04. The molecule has 1 aromatic carbocycles. The Labute approximate surface area is 119 Å². The van der Waals surface area contributed by atoms with Gasteiger partial charge in [-0.05, 0) is 24.1 Å². The lowest BCUT2D eigenvalue weighted by atomic mass is 10.1. The molecule has 19 heavy (non-hydrogen) atoms. The van der Waals surface area contributed by atoms with Crippen LogP contribution < -0.4 is 4.74 Å². The number of halogens is 1. The van der Waals surface area contributed by atoms with E-state index in [1.165, 1.54) is 12.8 Å². The highest BCUT2D eigenvalue weighted by Gasteiger charge is 2.05. The summed E-state index contributed by atoms with van der Waals surface area (Å²) in [6.45, 7) is 2.18. The largest absolute Gasteiger partial charge is 0.495 e. The predicted octanol–water partition coefficient (Wildman–Crippen LogP) is 4.01. The van der Waals surface area contributed by atoms with Crippen molar-refractivity contribution in [2.45, 2.75) is 32.6 Å². The molecule has 1 heterocycles. The highest BCUT2D eigenvalue weighted by molar-refractivity contribution is 6.32. The van der Waals surface area contributed by atoms with E-state index in [1.54, 1.807) is 7.11 Å². The Morgan fingerprint density at radius 2 is 2.21 bits per heavy atom. The molecule has 0 atom stereocenters. The average Bonchev–Trinajstić information content (AvgIpc) is 2.84. The fourth-order valence-corrected chi connectivity index (χ4v) is 2.29. The number of benzene rings is 1. The van der Waals surface area contributed by atoms with E-state index in [0.717, 1.165) is 29.9 Å². The molecule has 102 valence electrons. The van der Waals surface area contributed by atoms with Crippen LogP contribution in [-0.2, 0) is 12.8 Å². The van der Waals surface area contributed by atoms with Gasteiger partial charge >= 0.3 is 0 Å². The summed E-state index contributed by atoms with van der Waals surface area (Å²) in [6.07, 6.45) is 6.08. The van der Waals surface area contributed by atoms with Crippen molar-refractivity contribution in [3.63, 3.8) is 0 Å².